The molecule has 1 saturated carbocycles. The number of carbonyl (C=O) groups excluding carboxylic acids is 6. The van der Waals surface area contributed by atoms with Crippen LogP contribution in [0.1, 0.15) is 93.8 Å². The summed E-state index contributed by atoms with van der Waals surface area (Å²) < 4.78 is 44.6. The standard InChI is InChI=1S/C43H48F3N9O7/c1-62-33-23-28(47)26(22-30(33)52-38(58)29-5-3-7-34(51-29)43(44,45)46)24-49-17-16-48-18-19-50-37(57)25-10-12-42(13-11-25)14-20-54(21-15-42)31-6-2-4-27-36(31)41(61)55(40(27)60)32-8-9-35(56)53-39(32)59/h2-7,22-25,32,48H,8-21,47H2,1H3,(H,50,57)(H,52,58)(H,53,56,59). The van der Waals surface area contributed by atoms with E-state index in [1.54, 1.807) is 12.1 Å². The number of pyridine rings is 1. The van der Waals surface area contributed by atoms with Gasteiger partial charge in [0.15, 0.2) is 0 Å². The Balaban J connectivity index is 0.819. The van der Waals surface area contributed by atoms with Gasteiger partial charge in [0.2, 0.25) is 17.7 Å². The number of halogens is 3. The van der Waals surface area contributed by atoms with E-state index in [2.05, 4.69) is 36.1 Å². The summed E-state index contributed by atoms with van der Waals surface area (Å²) in [5.74, 6) is -2.79. The summed E-state index contributed by atoms with van der Waals surface area (Å²) in [6.07, 6.45) is 2.15. The lowest BCUT2D eigenvalue weighted by Gasteiger charge is -2.46. The molecule has 1 atom stereocenters. The predicted octanol–water partition coefficient (Wildman–Crippen LogP) is 3.95. The van der Waals surface area contributed by atoms with Crippen molar-refractivity contribution in [2.75, 3.05) is 62.3 Å². The summed E-state index contributed by atoms with van der Waals surface area (Å²) in [5.41, 5.74) is 6.83. The van der Waals surface area contributed by atoms with Crippen LogP contribution in [0.3, 0.4) is 0 Å². The summed E-state index contributed by atoms with van der Waals surface area (Å²) in [7, 11) is 1.36. The van der Waals surface area contributed by atoms with Crippen molar-refractivity contribution in [3.63, 3.8) is 0 Å². The van der Waals surface area contributed by atoms with E-state index in [1.807, 2.05) is 6.07 Å². The van der Waals surface area contributed by atoms with Gasteiger partial charge in [0.1, 0.15) is 23.2 Å². The van der Waals surface area contributed by atoms with Crippen LogP contribution in [0.15, 0.2) is 53.5 Å². The van der Waals surface area contributed by atoms with Crippen molar-refractivity contribution in [1.29, 1.82) is 0 Å². The lowest BCUT2D eigenvalue weighted by atomic mass is 9.65. The van der Waals surface area contributed by atoms with E-state index in [9.17, 15) is 41.9 Å². The Morgan fingerprint density at radius 2 is 1.73 bits per heavy atom. The number of hydrogen-bond donors (Lipinski definition) is 5. The average molecular weight is 860 g/mol. The number of alkyl halides is 3. The molecule has 7 rings (SSSR count). The van der Waals surface area contributed by atoms with Crippen LogP contribution in [0, 0.1) is 11.3 Å². The van der Waals surface area contributed by atoms with Gasteiger partial charge in [0, 0.05) is 68.6 Å². The molecule has 6 N–H and O–H groups in total. The number of aromatic nitrogens is 1. The van der Waals surface area contributed by atoms with Crippen LogP contribution in [-0.2, 0) is 20.6 Å². The fourth-order valence-electron chi connectivity index (χ4n) is 8.72. The maximum absolute atomic E-state index is 13.6. The second-order valence-corrected chi connectivity index (χ2v) is 16.0. The average Bonchev–Trinajstić information content (AvgIpc) is 3.51. The maximum atomic E-state index is 13.6. The number of carbonyl (C=O) groups is 6. The maximum Gasteiger partial charge on any atom is 0.433 e. The fraction of sp³-hybridized carbons (Fsp3) is 0.442. The first-order chi connectivity index (χ1) is 29.7. The van der Waals surface area contributed by atoms with Gasteiger partial charge in [0.25, 0.3) is 17.7 Å². The molecule has 1 aromatic heterocycles. The lowest BCUT2D eigenvalue weighted by molar-refractivity contribution is -0.141. The molecule has 4 heterocycles. The fourth-order valence-corrected chi connectivity index (χ4v) is 8.72. The second kappa shape index (κ2) is 18.3. The summed E-state index contributed by atoms with van der Waals surface area (Å²) in [4.78, 5) is 88.0. The van der Waals surface area contributed by atoms with E-state index >= 15 is 0 Å². The highest BCUT2D eigenvalue weighted by Gasteiger charge is 2.47. The minimum atomic E-state index is -4.71. The van der Waals surface area contributed by atoms with E-state index < -0.39 is 53.1 Å². The normalized spacial score (nSPS) is 19.2. The molecule has 6 amide bonds. The molecule has 62 heavy (non-hydrogen) atoms. The second-order valence-electron chi connectivity index (χ2n) is 16.0. The minimum absolute atomic E-state index is 0.0300. The number of nitrogens with zero attached hydrogens (tertiary/aromatic N) is 4. The number of nitrogens with one attached hydrogen (secondary N) is 4. The third-order valence-electron chi connectivity index (χ3n) is 12.2. The van der Waals surface area contributed by atoms with E-state index in [-0.39, 0.29) is 47.1 Å². The number of methoxy groups -OCH3 is 1. The number of piperidine rings is 2. The third kappa shape index (κ3) is 9.41. The van der Waals surface area contributed by atoms with E-state index in [0.29, 0.717) is 61.8 Å². The van der Waals surface area contributed by atoms with Crippen molar-refractivity contribution in [3.05, 3.63) is 76.6 Å². The van der Waals surface area contributed by atoms with E-state index in [0.717, 1.165) is 55.6 Å². The molecule has 2 saturated heterocycles. The Morgan fingerprint density at radius 3 is 2.44 bits per heavy atom. The van der Waals surface area contributed by atoms with E-state index in [4.69, 9.17) is 10.5 Å². The van der Waals surface area contributed by atoms with Crippen LogP contribution >= 0.6 is 0 Å². The Labute approximate surface area is 355 Å². The van der Waals surface area contributed by atoms with Gasteiger partial charge in [-0.05, 0) is 80.7 Å². The monoisotopic (exact) mass is 859 g/mol. The number of nitrogens with two attached hydrogens (primary N) is 1. The van der Waals surface area contributed by atoms with Crippen LogP contribution in [-0.4, -0.2) is 104 Å². The highest BCUT2D eigenvalue weighted by molar-refractivity contribution is 6.25. The molecule has 0 radical (unpaired) electrons. The molecule has 4 aliphatic rings. The van der Waals surface area contributed by atoms with Crippen LogP contribution < -0.4 is 36.6 Å². The molecular weight excluding hydrogens is 812 g/mol. The first-order valence-electron chi connectivity index (χ1n) is 20.6. The van der Waals surface area contributed by atoms with Gasteiger partial charge in [-0.1, -0.05) is 12.1 Å². The number of ether oxygens (including phenoxy) is 1. The minimum Gasteiger partial charge on any atom is -0.494 e. The highest BCUT2D eigenvalue weighted by atomic mass is 19.4. The zero-order valence-corrected chi connectivity index (χ0v) is 34.1. The molecule has 0 bridgehead atoms. The van der Waals surface area contributed by atoms with E-state index in [1.165, 1.54) is 31.5 Å². The van der Waals surface area contributed by atoms with Gasteiger partial charge in [-0.3, -0.25) is 44.0 Å². The number of aliphatic imine (C=N–C) groups is 1. The smallest absolute Gasteiger partial charge is 0.433 e. The van der Waals surface area contributed by atoms with Gasteiger partial charge in [-0.15, -0.1) is 0 Å². The largest absolute Gasteiger partial charge is 0.494 e. The molecule has 3 aromatic rings. The molecule has 19 heteroatoms. The summed E-state index contributed by atoms with van der Waals surface area (Å²) in [6, 6.07) is 10.2. The Morgan fingerprint density at radius 1 is 0.984 bits per heavy atom. The molecule has 2 aromatic carbocycles. The van der Waals surface area contributed by atoms with Crippen LogP contribution in [0.4, 0.5) is 30.2 Å². The third-order valence-corrected chi connectivity index (χ3v) is 12.2. The van der Waals surface area contributed by atoms with Gasteiger partial charge < -0.3 is 31.3 Å². The predicted molar refractivity (Wildman–Crippen MR) is 222 cm³/mol. The van der Waals surface area contributed by atoms with Gasteiger partial charge in [-0.2, -0.15) is 13.2 Å². The lowest BCUT2D eigenvalue weighted by Crippen LogP contribution is -2.54. The molecule has 328 valence electrons. The number of fused-ring (bicyclic) bond motifs is 1. The molecule has 16 nitrogen and oxygen atoms in total. The topological polar surface area (TPSA) is 218 Å². The molecule has 1 unspecified atom stereocenters. The zero-order chi connectivity index (χ0) is 44.2. The quantitative estimate of drug-likeness (QED) is 0.0718. The number of amides is 6. The summed E-state index contributed by atoms with van der Waals surface area (Å²) in [5, 5.41) is 11.0. The van der Waals surface area contributed by atoms with Gasteiger partial charge in [-0.25, -0.2) is 4.98 Å². The molecular formula is C43H48F3N9O7. The highest BCUT2D eigenvalue weighted by Crippen LogP contribution is 2.48. The number of rotatable bonds is 13. The molecule has 1 spiro atoms. The van der Waals surface area contributed by atoms with Crippen LogP contribution in [0.5, 0.6) is 5.75 Å². The van der Waals surface area contributed by atoms with Crippen LogP contribution in [0.25, 0.3) is 0 Å². The van der Waals surface area contributed by atoms with Gasteiger partial charge >= 0.3 is 6.18 Å². The van der Waals surface area contributed by atoms with Crippen molar-refractivity contribution in [1.82, 2.24) is 25.8 Å². The zero-order valence-electron chi connectivity index (χ0n) is 34.1. The number of benzene rings is 2. The van der Waals surface area contributed by atoms with Crippen molar-refractivity contribution in [2.45, 2.75) is 63.6 Å². The number of nitrogen functional groups attached to an aromatic ring is 1. The molecule has 3 aliphatic heterocycles. The number of hydrogen-bond acceptors (Lipinski definition) is 12. The Kier molecular flexibility index (Phi) is 12.9. The van der Waals surface area contributed by atoms with Crippen molar-refractivity contribution < 1.29 is 46.7 Å². The molecule has 1 aliphatic carbocycles. The first-order valence-corrected chi connectivity index (χ1v) is 20.6. The van der Waals surface area contributed by atoms with Crippen LogP contribution in [0.2, 0.25) is 0 Å². The summed E-state index contributed by atoms with van der Waals surface area (Å²) in [6.45, 7) is 3.24. The van der Waals surface area contributed by atoms with Crippen molar-refractivity contribution in [2.24, 2.45) is 16.3 Å². The number of imide groups is 2. The Hall–Kier alpha value is -6.37. The Bertz CT molecular complexity index is 2280. The number of anilines is 3. The van der Waals surface area contributed by atoms with Gasteiger partial charge in [0.05, 0.1) is 36.2 Å². The molecule has 3 fully saturated rings. The van der Waals surface area contributed by atoms with Crippen molar-refractivity contribution in [3.8, 4) is 5.75 Å². The summed E-state index contributed by atoms with van der Waals surface area (Å²) >= 11 is 0. The van der Waals surface area contributed by atoms with Crippen molar-refractivity contribution >= 4 is 58.7 Å². The SMILES string of the molecule is COc1cc(N)c(C=NCCNCCNC(=O)C2CCC3(CC2)CCN(c2cccc4c2C(=O)N(C2CCC(=O)NC2=O)C4=O)CC3)cc1NC(=O)c1cccc(C(F)(F)F)n1. The first kappa shape index (κ1) is 43.7.